The van der Waals surface area contributed by atoms with E-state index >= 15 is 0 Å². The van der Waals surface area contributed by atoms with Crippen LogP contribution in [0.2, 0.25) is 0 Å². The summed E-state index contributed by atoms with van der Waals surface area (Å²) in [5, 5.41) is 13.9. The highest BCUT2D eigenvalue weighted by Crippen LogP contribution is 2.36. The molecule has 0 saturated carbocycles. The lowest BCUT2D eigenvalue weighted by Crippen LogP contribution is -2.33. The van der Waals surface area contributed by atoms with Crippen molar-refractivity contribution in [3.05, 3.63) is 105 Å². The van der Waals surface area contributed by atoms with Gasteiger partial charge in [-0.3, -0.25) is 19.7 Å². The predicted octanol–water partition coefficient (Wildman–Crippen LogP) is 4.75. The summed E-state index contributed by atoms with van der Waals surface area (Å²) in [7, 11) is 0. The van der Waals surface area contributed by atoms with Gasteiger partial charge in [-0.15, -0.1) is 0 Å². The number of non-ortho nitro benzene ring substituents is 1. The quantitative estimate of drug-likeness (QED) is 0.358. The SMILES string of the molecule is Cc1cccc(N2C(=O)C(Nc3ccc(F)cc3)=C(c3ccc([N+](=O)[O-])cc3)C2=O)c1C. The highest BCUT2D eigenvalue weighted by molar-refractivity contribution is 6.46. The summed E-state index contributed by atoms with van der Waals surface area (Å²) in [6.07, 6.45) is 0. The van der Waals surface area contributed by atoms with Gasteiger partial charge in [0.25, 0.3) is 17.5 Å². The molecule has 0 aromatic heterocycles. The molecule has 4 rings (SSSR count). The molecule has 2 amide bonds. The molecule has 0 unspecified atom stereocenters. The Morgan fingerprint density at radius 1 is 0.906 bits per heavy atom. The van der Waals surface area contributed by atoms with Gasteiger partial charge in [-0.25, -0.2) is 9.29 Å². The van der Waals surface area contributed by atoms with Crippen LogP contribution in [0.15, 0.2) is 72.4 Å². The highest BCUT2D eigenvalue weighted by Gasteiger charge is 2.41. The van der Waals surface area contributed by atoms with Gasteiger partial charge < -0.3 is 5.32 Å². The number of nitro benzene ring substituents is 1. The average molecular weight is 431 g/mol. The van der Waals surface area contributed by atoms with E-state index in [0.717, 1.165) is 16.0 Å². The van der Waals surface area contributed by atoms with Crippen molar-refractivity contribution in [3.8, 4) is 0 Å². The average Bonchev–Trinajstić information content (AvgIpc) is 3.01. The molecule has 3 aromatic rings. The second kappa shape index (κ2) is 8.07. The molecule has 3 aromatic carbocycles. The maximum absolute atomic E-state index is 13.5. The normalized spacial score (nSPS) is 13.7. The topological polar surface area (TPSA) is 92.6 Å². The van der Waals surface area contributed by atoms with Crippen LogP contribution >= 0.6 is 0 Å². The molecule has 32 heavy (non-hydrogen) atoms. The number of amides is 2. The monoisotopic (exact) mass is 431 g/mol. The standard InChI is InChI=1S/C24H18FN3O4/c1-14-4-3-5-20(15(14)2)27-23(29)21(16-6-12-19(13-7-16)28(31)32)22(24(27)30)26-18-10-8-17(25)9-11-18/h3-13,26H,1-2H3. The lowest BCUT2D eigenvalue weighted by molar-refractivity contribution is -0.384. The first kappa shape index (κ1) is 20.9. The smallest absolute Gasteiger partial charge is 0.282 e. The van der Waals surface area contributed by atoms with E-state index in [1.165, 1.54) is 48.5 Å². The number of nitro groups is 1. The maximum atomic E-state index is 13.5. The summed E-state index contributed by atoms with van der Waals surface area (Å²) >= 11 is 0. The molecule has 1 aliphatic heterocycles. The minimum atomic E-state index is -0.568. The van der Waals surface area contributed by atoms with Crippen LogP contribution in [0, 0.1) is 29.8 Å². The van der Waals surface area contributed by atoms with Crippen molar-refractivity contribution in [2.75, 3.05) is 10.2 Å². The molecule has 8 heteroatoms. The number of nitrogens with one attached hydrogen (secondary N) is 1. The first-order chi connectivity index (χ1) is 15.3. The fraction of sp³-hybridized carbons (Fsp3) is 0.0833. The van der Waals surface area contributed by atoms with Gasteiger partial charge in [-0.2, -0.15) is 0 Å². The molecule has 1 heterocycles. The Kier molecular flexibility index (Phi) is 5.28. The number of hydrogen-bond donors (Lipinski definition) is 1. The Morgan fingerprint density at radius 3 is 2.19 bits per heavy atom. The maximum Gasteiger partial charge on any atom is 0.282 e. The molecule has 0 fully saturated rings. The van der Waals surface area contributed by atoms with Crippen LogP contribution in [0.4, 0.5) is 21.5 Å². The minimum Gasteiger partial charge on any atom is -0.350 e. The van der Waals surface area contributed by atoms with Gasteiger partial charge in [-0.05, 0) is 73.0 Å². The van der Waals surface area contributed by atoms with Crippen molar-refractivity contribution >= 4 is 34.4 Å². The molecular formula is C24H18FN3O4. The summed E-state index contributed by atoms with van der Waals surface area (Å²) in [6.45, 7) is 3.70. The number of carbonyl (C=O) groups excluding carboxylic acids is 2. The lowest BCUT2D eigenvalue weighted by atomic mass is 10.0. The van der Waals surface area contributed by atoms with E-state index in [9.17, 15) is 24.1 Å². The van der Waals surface area contributed by atoms with E-state index in [-0.39, 0.29) is 17.0 Å². The molecule has 0 saturated heterocycles. The Bertz CT molecular complexity index is 1280. The molecule has 0 spiro atoms. The molecule has 0 atom stereocenters. The fourth-order valence-corrected chi connectivity index (χ4v) is 3.54. The van der Waals surface area contributed by atoms with Crippen molar-refractivity contribution in [1.82, 2.24) is 0 Å². The first-order valence-corrected chi connectivity index (χ1v) is 9.74. The number of anilines is 2. The van der Waals surface area contributed by atoms with Gasteiger partial charge in [0.05, 0.1) is 16.2 Å². The number of benzene rings is 3. The summed E-state index contributed by atoms with van der Waals surface area (Å²) in [4.78, 5) is 38.4. The third-order valence-electron chi connectivity index (χ3n) is 5.38. The van der Waals surface area contributed by atoms with E-state index in [1.54, 1.807) is 12.1 Å². The summed E-state index contributed by atoms with van der Waals surface area (Å²) < 4.78 is 13.3. The van der Waals surface area contributed by atoms with Gasteiger partial charge in [0, 0.05) is 17.8 Å². The summed E-state index contributed by atoms with van der Waals surface area (Å²) in [5.41, 5.74) is 2.88. The van der Waals surface area contributed by atoms with Gasteiger partial charge in [0.1, 0.15) is 11.5 Å². The third-order valence-corrected chi connectivity index (χ3v) is 5.38. The number of aryl methyl sites for hydroxylation is 1. The number of nitrogens with zero attached hydrogens (tertiary/aromatic N) is 2. The number of rotatable bonds is 5. The zero-order chi connectivity index (χ0) is 23.0. The van der Waals surface area contributed by atoms with Crippen LogP contribution < -0.4 is 10.2 Å². The molecular weight excluding hydrogens is 413 g/mol. The molecule has 0 bridgehead atoms. The van der Waals surface area contributed by atoms with E-state index < -0.39 is 22.6 Å². The van der Waals surface area contributed by atoms with Crippen LogP contribution in [-0.4, -0.2) is 16.7 Å². The largest absolute Gasteiger partial charge is 0.350 e. The summed E-state index contributed by atoms with van der Waals surface area (Å²) in [5.74, 6) is -1.56. The number of halogens is 1. The van der Waals surface area contributed by atoms with Gasteiger partial charge >= 0.3 is 0 Å². The molecule has 0 aliphatic carbocycles. The van der Waals surface area contributed by atoms with Crippen molar-refractivity contribution in [3.63, 3.8) is 0 Å². The van der Waals surface area contributed by atoms with E-state index in [2.05, 4.69) is 5.32 Å². The van der Waals surface area contributed by atoms with Crippen molar-refractivity contribution in [2.24, 2.45) is 0 Å². The van der Waals surface area contributed by atoms with Crippen LogP contribution in [0.1, 0.15) is 16.7 Å². The highest BCUT2D eigenvalue weighted by atomic mass is 19.1. The first-order valence-electron chi connectivity index (χ1n) is 9.74. The Labute approximate surface area is 182 Å². The van der Waals surface area contributed by atoms with Crippen molar-refractivity contribution in [2.45, 2.75) is 13.8 Å². The van der Waals surface area contributed by atoms with E-state index in [4.69, 9.17) is 0 Å². The van der Waals surface area contributed by atoms with Gasteiger partial charge in [0.15, 0.2) is 0 Å². The minimum absolute atomic E-state index is 0.0105. The second-order valence-electron chi connectivity index (χ2n) is 7.35. The Morgan fingerprint density at radius 2 is 1.56 bits per heavy atom. The van der Waals surface area contributed by atoms with Gasteiger partial charge in [-0.1, -0.05) is 12.1 Å². The zero-order valence-electron chi connectivity index (χ0n) is 17.3. The summed E-state index contributed by atoms with van der Waals surface area (Å²) in [6, 6.07) is 16.1. The van der Waals surface area contributed by atoms with Crippen LogP contribution in [0.5, 0.6) is 0 Å². The molecule has 7 nitrogen and oxygen atoms in total. The number of imide groups is 1. The molecule has 1 N–H and O–H groups in total. The van der Waals surface area contributed by atoms with E-state index in [1.807, 2.05) is 19.9 Å². The Balaban J connectivity index is 1.84. The molecule has 0 radical (unpaired) electrons. The fourth-order valence-electron chi connectivity index (χ4n) is 3.54. The van der Waals surface area contributed by atoms with Crippen molar-refractivity contribution < 1.29 is 18.9 Å². The van der Waals surface area contributed by atoms with Crippen LogP contribution in [0.3, 0.4) is 0 Å². The lowest BCUT2D eigenvalue weighted by Gasteiger charge is -2.19. The third kappa shape index (κ3) is 3.62. The predicted molar refractivity (Wildman–Crippen MR) is 118 cm³/mol. The Hall–Kier alpha value is -4.33. The number of carbonyl (C=O) groups is 2. The van der Waals surface area contributed by atoms with Crippen molar-refractivity contribution in [1.29, 1.82) is 0 Å². The van der Waals surface area contributed by atoms with Crippen LogP contribution in [0.25, 0.3) is 5.57 Å². The number of hydrogen-bond acceptors (Lipinski definition) is 5. The molecule has 1 aliphatic rings. The van der Waals surface area contributed by atoms with Crippen LogP contribution in [-0.2, 0) is 9.59 Å². The second-order valence-corrected chi connectivity index (χ2v) is 7.35. The van der Waals surface area contributed by atoms with Gasteiger partial charge in [0.2, 0.25) is 0 Å². The van der Waals surface area contributed by atoms with E-state index in [0.29, 0.717) is 16.9 Å². The zero-order valence-corrected chi connectivity index (χ0v) is 17.3. The molecule has 160 valence electrons.